The van der Waals surface area contributed by atoms with Crippen molar-refractivity contribution >= 4 is 6.29 Å². The summed E-state index contributed by atoms with van der Waals surface area (Å²) >= 11 is 0. The van der Waals surface area contributed by atoms with E-state index in [0.717, 1.165) is 0 Å². The first-order chi connectivity index (χ1) is 3.62. The van der Waals surface area contributed by atoms with Crippen LogP contribution in [0.15, 0.2) is 0 Å². The number of carbonyl (C=O) groups excluding carboxylic acids is 1. The average molecular weight is 109 g/mol. The Kier molecular flexibility index (Phi) is 2.27. The van der Waals surface area contributed by atoms with Crippen LogP contribution in [-0.4, -0.2) is 6.29 Å². The quantitative estimate of drug-likeness (QED) is 0.461. The van der Waals surface area contributed by atoms with Crippen LogP contribution >= 0.6 is 0 Å². The van der Waals surface area contributed by atoms with E-state index in [4.69, 9.17) is 0 Å². The molecule has 0 aliphatic rings. The van der Waals surface area contributed by atoms with Gasteiger partial charge >= 0.3 is 0 Å². The summed E-state index contributed by atoms with van der Waals surface area (Å²) in [6, 6.07) is 0. The van der Waals surface area contributed by atoms with Crippen LogP contribution in [0, 0.1) is 17.3 Å². The molecular formula is C7H9O. The summed E-state index contributed by atoms with van der Waals surface area (Å²) in [5.74, 6) is 5.34. The smallest absolute Gasteiger partial charge is 0.217 e. The maximum absolute atomic E-state index is 9.99. The minimum Gasteiger partial charge on any atom is -0.289 e. The third-order valence-corrected chi connectivity index (χ3v) is 0.693. The molecule has 0 spiro atoms. The highest BCUT2D eigenvalue weighted by atomic mass is 16.1. The minimum atomic E-state index is -0.575. The van der Waals surface area contributed by atoms with Crippen LogP contribution in [0.2, 0.25) is 0 Å². The fraction of sp³-hybridized carbons (Fsp3) is 0.571. The lowest BCUT2D eigenvalue weighted by atomic mass is 9.97. The fourth-order valence-electron chi connectivity index (χ4n) is 0.338. The van der Waals surface area contributed by atoms with Crippen molar-refractivity contribution in [3.63, 3.8) is 0 Å². The van der Waals surface area contributed by atoms with Gasteiger partial charge in [-0.2, -0.15) is 0 Å². The highest BCUT2D eigenvalue weighted by Crippen LogP contribution is 2.06. The van der Waals surface area contributed by atoms with E-state index in [0.29, 0.717) is 0 Å². The number of hydrogen-bond donors (Lipinski definition) is 0. The molecule has 0 bridgehead atoms. The summed E-state index contributed by atoms with van der Waals surface area (Å²) in [6.07, 6.45) is 1.82. The molecule has 0 saturated heterocycles. The lowest BCUT2D eigenvalue weighted by Gasteiger charge is -2.02. The number of rotatable bonds is 1. The molecular weight excluding hydrogens is 100 g/mol. The maximum Gasteiger partial charge on any atom is 0.217 e. The molecule has 0 aromatic heterocycles. The molecule has 0 aliphatic heterocycles. The highest BCUT2D eigenvalue weighted by Gasteiger charge is 2.11. The molecule has 0 saturated carbocycles. The second-order valence-corrected chi connectivity index (χ2v) is 2.10. The van der Waals surface area contributed by atoms with Crippen molar-refractivity contribution < 1.29 is 4.79 Å². The normalized spacial score (nSPS) is 9.38. The van der Waals surface area contributed by atoms with Crippen LogP contribution in [-0.2, 0) is 4.79 Å². The number of hydrogen-bond acceptors (Lipinski definition) is 1. The van der Waals surface area contributed by atoms with Gasteiger partial charge < -0.3 is 0 Å². The first-order valence-corrected chi connectivity index (χ1v) is 2.45. The van der Waals surface area contributed by atoms with Crippen LogP contribution in [0.1, 0.15) is 20.8 Å². The van der Waals surface area contributed by atoms with Gasteiger partial charge in [-0.25, -0.2) is 0 Å². The van der Waals surface area contributed by atoms with Crippen LogP contribution in [0.3, 0.4) is 0 Å². The minimum absolute atomic E-state index is 0.575. The van der Waals surface area contributed by atoms with Crippen molar-refractivity contribution in [1.29, 1.82) is 0 Å². The van der Waals surface area contributed by atoms with Crippen LogP contribution in [0.5, 0.6) is 0 Å². The van der Waals surface area contributed by atoms with Gasteiger partial charge in [-0.05, 0) is 20.8 Å². The molecule has 0 heterocycles. The van der Waals surface area contributed by atoms with Crippen molar-refractivity contribution in [2.24, 2.45) is 5.41 Å². The zero-order valence-electron chi connectivity index (χ0n) is 5.41. The van der Waals surface area contributed by atoms with Gasteiger partial charge in [-0.15, -0.1) is 5.92 Å². The van der Waals surface area contributed by atoms with Crippen molar-refractivity contribution in [3.8, 4) is 11.8 Å². The summed E-state index contributed by atoms with van der Waals surface area (Å²) in [5, 5.41) is 0. The largest absolute Gasteiger partial charge is 0.289 e. The van der Waals surface area contributed by atoms with Crippen LogP contribution in [0.25, 0.3) is 0 Å². The van der Waals surface area contributed by atoms with Gasteiger partial charge in [0.25, 0.3) is 0 Å². The van der Waals surface area contributed by atoms with Crippen molar-refractivity contribution in [2.75, 3.05) is 0 Å². The van der Waals surface area contributed by atoms with Gasteiger partial charge in [0, 0.05) is 0 Å². The molecule has 0 aromatic rings. The van der Waals surface area contributed by atoms with Gasteiger partial charge in [-0.1, -0.05) is 5.92 Å². The van der Waals surface area contributed by atoms with Crippen LogP contribution < -0.4 is 0 Å². The van der Waals surface area contributed by atoms with E-state index in [1.807, 2.05) is 6.29 Å². The Morgan fingerprint density at radius 1 is 1.38 bits per heavy atom. The highest BCUT2D eigenvalue weighted by molar-refractivity contribution is 5.64. The molecule has 8 heavy (non-hydrogen) atoms. The van der Waals surface area contributed by atoms with Crippen molar-refractivity contribution in [3.05, 3.63) is 0 Å². The topological polar surface area (TPSA) is 17.1 Å². The molecule has 0 amide bonds. The molecule has 43 valence electrons. The molecule has 0 atom stereocenters. The summed E-state index contributed by atoms with van der Waals surface area (Å²) in [6.45, 7) is 5.17. The first-order valence-electron chi connectivity index (χ1n) is 2.45. The molecule has 0 rings (SSSR count). The van der Waals surface area contributed by atoms with Crippen LogP contribution in [0.4, 0.5) is 0 Å². The SMILES string of the molecule is CC#CC(C)(C)[C]=O. The molecule has 0 N–H and O–H groups in total. The molecule has 0 aromatic carbocycles. The van der Waals surface area contributed by atoms with Gasteiger partial charge in [-0.3, -0.25) is 4.79 Å². The third-order valence-electron chi connectivity index (χ3n) is 0.693. The molecule has 0 fully saturated rings. The van der Waals surface area contributed by atoms with Crippen molar-refractivity contribution in [2.45, 2.75) is 20.8 Å². The van der Waals surface area contributed by atoms with Gasteiger partial charge in [0.05, 0.1) is 5.41 Å². The zero-order valence-corrected chi connectivity index (χ0v) is 5.41. The standard InChI is InChI=1S/C7H9O/c1-4-5-7(2,3)6-8/h1-3H3. The third kappa shape index (κ3) is 2.41. The van der Waals surface area contributed by atoms with Crippen molar-refractivity contribution in [1.82, 2.24) is 0 Å². The Morgan fingerprint density at radius 2 is 1.88 bits per heavy atom. The van der Waals surface area contributed by atoms with Gasteiger partial charge in [0.2, 0.25) is 6.29 Å². The Hall–Kier alpha value is -0.770. The zero-order chi connectivity index (χ0) is 6.62. The molecule has 1 nitrogen and oxygen atoms in total. The van der Waals surface area contributed by atoms with E-state index >= 15 is 0 Å². The maximum atomic E-state index is 9.99. The summed E-state index contributed by atoms with van der Waals surface area (Å²) in [7, 11) is 0. The predicted molar refractivity (Wildman–Crippen MR) is 32.9 cm³/mol. The van der Waals surface area contributed by atoms with E-state index in [1.54, 1.807) is 20.8 Å². The van der Waals surface area contributed by atoms with E-state index in [-0.39, 0.29) is 0 Å². The van der Waals surface area contributed by atoms with E-state index in [9.17, 15) is 4.79 Å². The lowest BCUT2D eigenvalue weighted by Crippen LogP contribution is -2.08. The second-order valence-electron chi connectivity index (χ2n) is 2.10. The predicted octanol–water partition coefficient (Wildman–Crippen LogP) is 1.15. The average Bonchev–Trinajstić information content (AvgIpc) is 1.67. The Bertz CT molecular complexity index is 134. The van der Waals surface area contributed by atoms with E-state index < -0.39 is 5.41 Å². The molecule has 1 heteroatoms. The molecule has 0 unspecified atom stereocenters. The molecule has 0 aliphatic carbocycles. The summed E-state index contributed by atoms with van der Waals surface area (Å²) < 4.78 is 0. The molecule has 1 radical (unpaired) electrons. The summed E-state index contributed by atoms with van der Waals surface area (Å²) in [5.41, 5.74) is -0.575. The monoisotopic (exact) mass is 109 g/mol. The van der Waals surface area contributed by atoms with E-state index in [2.05, 4.69) is 11.8 Å². The summed E-state index contributed by atoms with van der Waals surface area (Å²) in [4.78, 5) is 9.99. The lowest BCUT2D eigenvalue weighted by molar-refractivity contribution is 0.512. The van der Waals surface area contributed by atoms with Gasteiger partial charge in [0.1, 0.15) is 0 Å². The Balaban J connectivity index is 4.05. The second kappa shape index (κ2) is 2.52. The Labute approximate surface area is 50.1 Å². The van der Waals surface area contributed by atoms with E-state index in [1.165, 1.54) is 0 Å². The van der Waals surface area contributed by atoms with Gasteiger partial charge in [0.15, 0.2) is 0 Å². The first kappa shape index (κ1) is 7.23. The Morgan fingerprint density at radius 3 is 2.00 bits per heavy atom. The fourth-order valence-corrected chi connectivity index (χ4v) is 0.338.